The van der Waals surface area contributed by atoms with Crippen LogP contribution in [0, 0.1) is 5.92 Å². The van der Waals surface area contributed by atoms with Crippen LogP contribution in [0.15, 0.2) is 205 Å². The van der Waals surface area contributed by atoms with Gasteiger partial charge in [0.1, 0.15) is 5.84 Å². The quantitative estimate of drug-likeness (QED) is 0.155. The van der Waals surface area contributed by atoms with Crippen molar-refractivity contribution in [1.29, 1.82) is 0 Å². The third-order valence-corrected chi connectivity index (χ3v) is 15.1. The summed E-state index contributed by atoms with van der Waals surface area (Å²) in [5.41, 5.74) is 12.2. The van der Waals surface area contributed by atoms with Crippen molar-refractivity contribution in [2.24, 2.45) is 10.9 Å². The van der Waals surface area contributed by atoms with Crippen molar-refractivity contribution in [3.8, 4) is 5.69 Å². The Morgan fingerprint density at radius 3 is 1.80 bits per heavy atom. The van der Waals surface area contributed by atoms with Crippen LogP contribution in [0.25, 0.3) is 98.1 Å². The minimum atomic E-state index is -0.243. The topological polar surface area (TPSA) is 22.2 Å². The minimum absolute atomic E-state index is 0.00564. The first kappa shape index (κ1) is 35.8. The van der Waals surface area contributed by atoms with Gasteiger partial charge in [-0.2, -0.15) is 0 Å². The molecular weight excluding hydrogens is 775 g/mol. The van der Waals surface area contributed by atoms with Gasteiger partial charge in [-0.15, -0.1) is 0 Å². The first-order chi connectivity index (χ1) is 31.5. The van der Waals surface area contributed by atoms with Crippen LogP contribution in [-0.4, -0.2) is 15.0 Å². The number of aliphatic imine (C=N–C) groups is 1. The van der Waals surface area contributed by atoms with Crippen molar-refractivity contribution in [2.75, 3.05) is 0 Å². The van der Waals surface area contributed by atoms with Gasteiger partial charge in [-0.1, -0.05) is 178 Å². The Labute approximate surface area is 370 Å². The summed E-state index contributed by atoms with van der Waals surface area (Å²) in [6.07, 6.45) is 0. The van der Waals surface area contributed by atoms with E-state index in [1.54, 1.807) is 0 Å². The molecule has 10 aromatic carbocycles. The molecule has 1 aliphatic heterocycles. The molecule has 302 valence electrons. The van der Waals surface area contributed by atoms with E-state index in [-0.39, 0.29) is 17.3 Å². The number of para-hydroxylation sites is 2. The second-order valence-corrected chi connectivity index (χ2v) is 18.6. The summed E-state index contributed by atoms with van der Waals surface area (Å²) in [5.74, 6) is 1.12. The summed E-state index contributed by atoms with van der Waals surface area (Å²) in [4.78, 5) is 6.00. The predicted molar refractivity (Wildman–Crippen MR) is 271 cm³/mol. The number of allylic oxidation sites excluding steroid dienone is 1. The summed E-state index contributed by atoms with van der Waals surface area (Å²) in [6, 6.07) is 72.2. The fourth-order valence-electron chi connectivity index (χ4n) is 12.4. The SMILES string of the molecule is CC1C(n2c3ccc4ccccc4c3c3c4c5ccccc5c5ccccc5c4ccc32)=NC2=C(C1c1cccc3c1c1ccccc1n3-c1ccccc1)C(C)(C)c1ccccc12. The molecule has 14 rings (SSSR count). The number of nitrogens with zero attached hydrogens (tertiary/aromatic N) is 3. The van der Waals surface area contributed by atoms with Crippen molar-refractivity contribution in [3.05, 3.63) is 216 Å². The number of fused-ring (bicyclic) bond motifs is 17. The van der Waals surface area contributed by atoms with Crippen LogP contribution in [0.4, 0.5) is 0 Å². The van der Waals surface area contributed by atoms with E-state index in [1.807, 2.05) is 0 Å². The van der Waals surface area contributed by atoms with Crippen LogP contribution < -0.4 is 0 Å². The summed E-state index contributed by atoms with van der Waals surface area (Å²) >= 11 is 0. The van der Waals surface area contributed by atoms with Crippen LogP contribution in [0.2, 0.25) is 0 Å². The molecule has 1 aliphatic carbocycles. The first-order valence-corrected chi connectivity index (χ1v) is 22.7. The molecule has 2 unspecified atom stereocenters. The molecule has 12 aromatic rings. The van der Waals surface area contributed by atoms with Crippen LogP contribution >= 0.6 is 0 Å². The summed E-state index contributed by atoms with van der Waals surface area (Å²) < 4.78 is 5.01. The molecular formula is C61H43N3. The molecule has 2 aromatic heterocycles. The number of aromatic nitrogens is 2. The summed E-state index contributed by atoms with van der Waals surface area (Å²) in [6.45, 7) is 7.30. The standard InChI is InChI=1S/C61H43N3/c1-36-53(47-28-17-31-50-54(47)46-27-14-16-30-49(46)63(50)38-19-5-4-6-20-38)58-59(45-26-13-15-29-48(45)61(58,2)3)62-60(36)64-51-34-32-37-18-7-8-21-39(37)56(51)57-52(64)35-33-44-42-24-10-9-22-40(42)41-23-11-12-25-43(41)55(44)57/h4-36,53H,1-3H3. The van der Waals surface area contributed by atoms with E-state index >= 15 is 0 Å². The highest BCUT2D eigenvalue weighted by Crippen LogP contribution is 2.58. The number of rotatable bonds is 2. The lowest BCUT2D eigenvalue weighted by molar-refractivity contribution is 0.521. The maximum Gasteiger partial charge on any atom is 0.118 e. The molecule has 0 spiro atoms. The molecule has 0 saturated heterocycles. The molecule has 0 N–H and O–H groups in total. The van der Waals surface area contributed by atoms with Gasteiger partial charge in [-0.05, 0) is 90.8 Å². The highest BCUT2D eigenvalue weighted by molar-refractivity contribution is 6.38. The van der Waals surface area contributed by atoms with Crippen LogP contribution in [0.5, 0.6) is 0 Å². The van der Waals surface area contributed by atoms with Crippen LogP contribution in [0.1, 0.15) is 43.4 Å². The average Bonchev–Trinajstić information content (AvgIpc) is 3.95. The normalized spacial score (nSPS) is 17.1. The number of hydrogen-bond donors (Lipinski definition) is 0. The molecule has 3 nitrogen and oxygen atoms in total. The van der Waals surface area contributed by atoms with Gasteiger partial charge in [0.05, 0.1) is 27.8 Å². The van der Waals surface area contributed by atoms with Gasteiger partial charge in [0.15, 0.2) is 0 Å². The highest BCUT2D eigenvalue weighted by Gasteiger charge is 2.48. The zero-order chi connectivity index (χ0) is 42.4. The first-order valence-electron chi connectivity index (χ1n) is 22.7. The molecule has 0 saturated carbocycles. The van der Waals surface area contributed by atoms with E-state index in [9.17, 15) is 0 Å². The van der Waals surface area contributed by atoms with E-state index in [0.29, 0.717) is 0 Å². The molecule has 3 heteroatoms. The Morgan fingerprint density at radius 1 is 0.422 bits per heavy atom. The molecule has 3 heterocycles. The third kappa shape index (κ3) is 4.58. The zero-order valence-corrected chi connectivity index (χ0v) is 36.0. The lowest BCUT2D eigenvalue weighted by Crippen LogP contribution is -2.34. The molecule has 0 radical (unpaired) electrons. The molecule has 0 amide bonds. The van der Waals surface area contributed by atoms with Crippen molar-refractivity contribution in [3.63, 3.8) is 0 Å². The average molecular weight is 818 g/mol. The Balaban J connectivity index is 1.13. The van der Waals surface area contributed by atoms with Crippen molar-refractivity contribution < 1.29 is 0 Å². The molecule has 2 aliphatic rings. The Kier molecular flexibility index (Phi) is 7.22. The van der Waals surface area contributed by atoms with Crippen LogP contribution in [0.3, 0.4) is 0 Å². The van der Waals surface area contributed by atoms with E-state index in [4.69, 9.17) is 4.99 Å². The van der Waals surface area contributed by atoms with Crippen molar-refractivity contribution in [1.82, 2.24) is 9.13 Å². The lowest BCUT2D eigenvalue weighted by Gasteiger charge is -2.38. The molecule has 2 atom stereocenters. The predicted octanol–water partition coefficient (Wildman–Crippen LogP) is 15.9. The summed E-state index contributed by atoms with van der Waals surface area (Å²) in [5, 5.41) is 15.4. The van der Waals surface area contributed by atoms with E-state index < -0.39 is 0 Å². The molecule has 64 heavy (non-hydrogen) atoms. The zero-order valence-electron chi connectivity index (χ0n) is 36.0. The fourth-order valence-corrected chi connectivity index (χ4v) is 12.4. The lowest BCUT2D eigenvalue weighted by atomic mass is 9.68. The van der Waals surface area contributed by atoms with Gasteiger partial charge < -0.3 is 4.57 Å². The third-order valence-electron chi connectivity index (χ3n) is 15.1. The van der Waals surface area contributed by atoms with E-state index in [1.165, 1.54) is 115 Å². The molecule has 0 bridgehead atoms. The van der Waals surface area contributed by atoms with Gasteiger partial charge in [0.25, 0.3) is 0 Å². The molecule has 0 fully saturated rings. The Hall–Kier alpha value is -7.75. The van der Waals surface area contributed by atoms with Crippen LogP contribution in [-0.2, 0) is 5.41 Å². The van der Waals surface area contributed by atoms with Gasteiger partial charge in [0.2, 0.25) is 0 Å². The van der Waals surface area contributed by atoms with Gasteiger partial charge in [-0.25, -0.2) is 4.99 Å². The maximum atomic E-state index is 6.00. The smallest absolute Gasteiger partial charge is 0.118 e. The van der Waals surface area contributed by atoms with Gasteiger partial charge in [-0.3, -0.25) is 4.57 Å². The van der Waals surface area contributed by atoms with Gasteiger partial charge in [0, 0.05) is 55.4 Å². The maximum absolute atomic E-state index is 6.00. The Bertz CT molecular complexity index is 4030. The Morgan fingerprint density at radius 2 is 1.00 bits per heavy atom. The second kappa shape index (κ2) is 12.9. The van der Waals surface area contributed by atoms with E-state index in [0.717, 1.165) is 11.5 Å². The minimum Gasteiger partial charge on any atom is -0.309 e. The fraction of sp³-hybridized carbons (Fsp3) is 0.0984. The monoisotopic (exact) mass is 817 g/mol. The van der Waals surface area contributed by atoms with Gasteiger partial charge >= 0.3 is 0 Å². The number of benzene rings is 10. The van der Waals surface area contributed by atoms with Crippen molar-refractivity contribution in [2.45, 2.75) is 32.1 Å². The second-order valence-electron chi connectivity index (χ2n) is 18.6. The highest BCUT2D eigenvalue weighted by atomic mass is 15.1. The van der Waals surface area contributed by atoms with E-state index in [2.05, 4.69) is 224 Å². The number of hydrogen-bond acceptors (Lipinski definition) is 1. The van der Waals surface area contributed by atoms with Crippen molar-refractivity contribution >= 4 is 98.2 Å². The summed E-state index contributed by atoms with van der Waals surface area (Å²) in [7, 11) is 0. The largest absolute Gasteiger partial charge is 0.309 e.